The first-order chi connectivity index (χ1) is 9.33. The lowest BCUT2D eigenvalue weighted by molar-refractivity contribution is 0.145. The summed E-state index contributed by atoms with van der Waals surface area (Å²) >= 11 is 6.57. The Labute approximate surface area is 121 Å². The van der Waals surface area contributed by atoms with Crippen LogP contribution in [0, 0.1) is 0 Å². The molecule has 1 aromatic rings. The van der Waals surface area contributed by atoms with E-state index in [-0.39, 0.29) is 5.38 Å². The van der Waals surface area contributed by atoms with Crippen LogP contribution in [0.15, 0.2) is 24.3 Å². The van der Waals surface area contributed by atoms with E-state index >= 15 is 0 Å². The van der Waals surface area contributed by atoms with Gasteiger partial charge in [-0.15, -0.1) is 11.6 Å². The fourth-order valence-electron chi connectivity index (χ4n) is 2.77. The highest BCUT2D eigenvalue weighted by Gasteiger charge is 2.25. The van der Waals surface area contributed by atoms with Crippen molar-refractivity contribution in [1.29, 1.82) is 0 Å². The van der Waals surface area contributed by atoms with E-state index in [1.165, 1.54) is 31.2 Å². The monoisotopic (exact) mass is 282 g/mol. The lowest BCUT2D eigenvalue weighted by Gasteiger charge is -2.22. The molecule has 19 heavy (non-hydrogen) atoms. The molecule has 106 valence electrons. The normalized spacial score (nSPS) is 23.9. The van der Waals surface area contributed by atoms with Gasteiger partial charge in [0.25, 0.3) is 0 Å². The van der Waals surface area contributed by atoms with Gasteiger partial charge in [-0.3, -0.25) is 0 Å². The van der Waals surface area contributed by atoms with Crippen LogP contribution in [-0.2, 0) is 4.74 Å². The zero-order valence-electron chi connectivity index (χ0n) is 11.6. The summed E-state index contributed by atoms with van der Waals surface area (Å²) in [6, 6.07) is 8.30. The van der Waals surface area contributed by atoms with Crippen molar-refractivity contribution in [2.24, 2.45) is 0 Å². The van der Waals surface area contributed by atoms with Crippen LogP contribution >= 0.6 is 11.6 Å². The summed E-state index contributed by atoms with van der Waals surface area (Å²) in [4.78, 5) is 0. The second-order valence-electron chi connectivity index (χ2n) is 5.14. The standard InChI is InChI=1S/C16H23ClO2/c1-18-11-12-19-16-10-6-5-8-14(16)13-7-3-2-4-9-15(13)17/h5-6,8,10,13,15H,2-4,7,9,11-12H2,1H3. The predicted octanol–water partition coefficient (Wildman–Crippen LogP) is 4.37. The van der Waals surface area contributed by atoms with Gasteiger partial charge >= 0.3 is 0 Å². The van der Waals surface area contributed by atoms with Gasteiger partial charge in [0, 0.05) is 18.4 Å². The Morgan fingerprint density at radius 1 is 1.11 bits per heavy atom. The van der Waals surface area contributed by atoms with Gasteiger partial charge in [-0.25, -0.2) is 0 Å². The summed E-state index contributed by atoms with van der Waals surface area (Å²) < 4.78 is 10.9. The number of hydrogen-bond acceptors (Lipinski definition) is 2. The first kappa shape index (κ1) is 14.7. The maximum absolute atomic E-state index is 6.57. The molecule has 0 amide bonds. The Hall–Kier alpha value is -0.730. The van der Waals surface area contributed by atoms with Gasteiger partial charge in [0.2, 0.25) is 0 Å². The van der Waals surface area contributed by atoms with Crippen LogP contribution in [0.3, 0.4) is 0 Å². The van der Waals surface area contributed by atoms with Gasteiger partial charge < -0.3 is 9.47 Å². The van der Waals surface area contributed by atoms with Crippen LogP contribution < -0.4 is 4.74 Å². The third kappa shape index (κ3) is 4.12. The molecule has 1 aliphatic rings. The Bertz CT molecular complexity index is 381. The Morgan fingerprint density at radius 3 is 2.74 bits per heavy atom. The van der Waals surface area contributed by atoms with Gasteiger partial charge in [-0.2, -0.15) is 0 Å². The molecule has 1 saturated carbocycles. The summed E-state index contributed by atoms with van der Waals surface area (Å²) in [5, 5.41) is 0.231. The molecular weight excluding hydrogens is 260 g/mol. The van der Waals surface area contributed by atoms with Gasteiger partial charge in [-0.05, 0) is 24.5 Å². The molecule has 2 rings (SSSR count). The average Bonchev–Trinajstić information content (AvgIpc) is 2.64. The van der Waals surface area contributed by atoms with Crippen LogP contribution in [0.5, 0.6) is 5.75 Å². The zero-order chi connectivity index (χ0) is 13.5. The van der Waals surface area contributed by atoms with Crippen LogP contribution in [0.4, 0.5) is 0 Å². The van der Waals surface area contributed by atoms with Crippen molar-refractivity contribution < 1.29 is 9.47 Å². The van der Waals surface area contributed by atoms with Crippen molar-refractivity contribution in [3.8, 4) is 5.75 Å². The SMILES string of the molecule is COCCOc1ccccc1C1CCCCCC1Cl. The molecule has 0 saturated heterocycles. The molecule has 2 unspecified atom stereocenters. The average molecular weight is 283 g/mol. The second-order valence-corrected chi connectivity index (χ2v) is 5.70. The first-order valence-corrected chi connectivity index (χ1v) is 7.61. The first-order valence-electron chi connectivity index (χ1n) is 7.17. The predicted molar refractivity (Wildman–Crippen MR) is 79.3 cm³/mol. The van der Waals surface area contributed by atoms with E-state index in [0.29, 0.717) is 19.1 Å². The molecule has 1 aliphatic carbocycles. The van der Waals surface area contributed by atoms with Crippen LogP contribution in [0.25, 0.3) is 0 Å². The smallest absolute Gasteiger partial charge is 0.122 e. The molecule has 2 atom stereocenters. The topological polar surface area (TPSA) is 18.5 Å². The maximum Gasteiger partial charge on any atom is 0.122 e. The number of halogens is 1. The number of ether oxygens (including phenoxy) is 2. The molecule has 0 N–H and O–H groups in total. The minimum absolute atomic E-state index is 0.231. The lowest BCUT2D eigenvalue weighted by Crippen LogP contribution is -2.14. The summed E-state index contributed by atoms with van der Waals surface area (Å²) in [7, 11) is 1.69. The molecule has 1 fully saturated rings. The third-order valence-electron chi connectivity index (χ3n) is 3.80. The van der Waals surface area contributed by atoms with Crippen molar-refractivity contribution in [1.82, 2.24) is 0 Å². The van der Waals surface area contributed by atoms with E-state index in [1.54, 1.807) is 7.11 Å². The van der Waals surface area contributed by atoms with Crippen molar-refractivity contribution >= 4 is 11.6 Å². The summed E-state index contributed by atoms with van der Waals surface area (Å²) in [6.45, 7) is 1.20. The van der Waals surface area contributed by atoms with Gasteiger partial charge in [0.15, 0.2) is 0 Å². The number of para-hydroxylation sites is 1. The molecule has 2 nitrogen and oxygen atoms in total. The Morgan fingerprint density at radius 2 is 1.89 bits per heavy atom. The lowest BCUT2D eigenvalue weighted by atomic mass is 9.90. The fraction of sp³-hybridized carbons (Fsp3) is 0.625. The van der Waals surface area contributed by atoms with E-state index < -0.39 is 0 Å². The molecule has 0 radical (unpaired) electrons. The summed E-state index contributed by atoms with van der Waals surface area (Å²) in [6.07, 6.45) is 6.08. The number of benzene rings is 1. The highest BCUT2D eigenvalue weighted by atomic mass is 35.5. The molecular formula is C16H23ClO2. The number of methoxy groups -OCH3 is 1. The Balaban J connectivity index is 2.12. The van der Waals surface area contributed by atoms with E-state index in [4.69, 9.17) is 21.1 Å². The van der Waals surface area contributed by atoms with Gasteiger partial charge in [0.1, 0.15) is 12.4 Å². The van der Waals surface area contributed by atoms with Crippen LogP contribution in [0.2, 0.25) is 0 Å². The molecule has 1 aromatic carbocycles. The molecule has 0 aliphatic heterocycles. The van der Waals surface area contributed by atoms with Crippen molar-refractivity contribution in [3.05, 3.63) is 29.8 Å². The number of hydrogen-bond donors (Lipinski definition) is 0. The maximum atomic E-state index is 6.57. The number of rotatable bonds is 5. The van der Waals surface area contributed by atoms with E-state index in [0.717, 1.165) is 12.2 Å². The van der Waals surface area contributed by atoms with Gasteiger partial charge in [0.05, 0.1) is 6.61 Å². The minimum Gasteiger partial charge on any atom is -0.491 e. The molecule has 3 heteroatoms. The molecule has 0 heterocycles. The largest absolute Gasteiger partial charge is 0.491 e. The second kappa shape index (κ2) is 7.76. The quantitative estimate of drug-likeness (QED) is 0.454. The van der Waals surface area contributed by atoms with E-state index in [9.17, 15) is 0 Å². The van der Waals surface area contributed by atoms with Crippen molar-refractivity contribution in [2.75, 3.05) is 20.3 Å². The van der Waals surface area contributed by atoms with Crippen LogP contribution in [0.1, 0.15) is 43.6 Å². The summed E-state index contributed by atoms with van der Waals surface area (Å²) in [5.41, 5.74) is 1.26. The van der Waals surface area contributed by atoms with Crippen molar-refractivity contribution in [3.63, 3.8) is 0 Å². The summed E-state index contributed by atoms with van der Waals surface area (Å²) in [5.74, 6) is 1.39. The zero-order valence-corrected chi connectivity index (χ0v) is 12.4. The molecule has 0 bridgehead atoms. The fourth-order valence-corrected chi connectivity index (χ4v) is 3.18. The molecule has 0 spiro atoms. The minimum atomic E-state index is 0.231. The van der Waals surface area contributed by atoms with E-state index in [2.05, 4.69) is 12.1 Å². The number of alkyl halides is 1. The highest BCUT2D eigenvalue weighted by Crippen LogP contribution is 2.39. The molecule has 0 aromatic heterocycles. The van der Waals surface area contributed by atoms with Crippen LogP contribution in [-0.4, -0.2) is 25.7 Å². The third-order valence-corrected chi connectivity index (χ3v) is 4.32. The Kier molecular flexibility index (Phi) is 5.99. The van der Waals surface area contributed by atoms with E-state index in [1.807, 2.05) is 12.1 Å². The van der Waals surface area contributed by atoms with Crippen molar-refractivity contribution in [2.45, 2.75) is 43.4 Å². The highest BCUT2D eigenvalue weighted by molar-refractivity contribution is 6.21. The van der Waals surface area contributed by atoms with Gasteiger partial charge in [-0.1, -0.05) is 37.5 Å².